The molecule has 1 heterocycles. The first kappa shape index (κ1) is 31.4. The number of nitrogens with zero attached hydrogens (tertiary/aromatic N) is 1. The zero-order valence-electron chi connectivity index (χ0n) is 31.6. The van der Waals surface area contributed by atoms with Crippen LogP contribution >= 0.6 is 0 Å². The lowest BCUT2D eigenvalue weighted by Crippen LogP contribution is -2.17. The molecule has 11 rings (SSSR count). The van der Waals surface area contributed by atoms with Gasteiger partial charge in [-0.05, 0) is 164 Å². The zero-order chi connectivity index (χ0) is 36.7. The van der Waals surface area contributed by atoms with E-state index in [4.69, 9.17) is 4.42 Å². The van der Waals surface area contributed by atoms with Gasteiger partial charge in [0, 0.05) is 33.0 Å². The Balaban J connectivity index is 1.08. The maximum atomic E-state index is 6.62. The van der Waals surface area contributed by atoms with Gasteiger partial charge in [-0.3, -0.25) is 0 Å². The molecule has 0 spiro atoms. The summed E-state index contributed by atoms with van der Waals surface area (Å²) >= 11 is 0. The normalized spacial score (nSPS) is 14.8. The Labute approximate surface area is 316 Å². The molecule has 8 aromatic carbocycles. The van der Waals surface area contributed by atoms with Gasteiger partial charge in [0.15, 0.2) is 5.58 Å². The highest BCUT2D eigenvalue weighted by Gasteiger charge is 2.42. The topological polar surface area (TPSA) is 16.4 Å². The van der Waals surface area contributed by atoms with Gasteiger partial charge in [-0.25, -0.2) is 0 Å². The van der Waals surface area contributed by atoms with Crippen LogP contribution in [0.5, 0.6) is 0 Å². The summed E-state index contributed by atoms with van der Waals surface area (Å²) in [5, 5.41) is 7.36. The molecular formula is C52H41NO. The standard InChI is InChI=1S/C52H41NO/c1-30-18-20-36(22-31(30)2)53(48-16-11-15-39-38-14-9-10-17-49(38)54-50(39)48)37-21-19-34-25-41-43-29-46-42(28-47(43)52(5,6)45(41)27-35(34)23-37)40-24-32-12-7-8-13-33(32)26-44(40)51(46,3)4/h7-29H,1-6H3. The Hall–Kier alpha value is -6.12. The molecule has 2 aliphatic rings. The van der Waals surface area contributed by atoms with Crippen molar-refractivity contribution >= 4 is 60.5 Å². The molecule has 0 saturated carbocycles. The van der Waals surface area contributed by atoms with Crippen molar-refractivity contribution in [2.45, 2.75) is 52.4 Å². The van der Waals surface area contributed by atoms with Crippen molar-refractivity contribution in [3.8, 4) is 22.3 Å². The van der Waals surface area contributed by atoms with Gasteiger partial charge in [0.2, 0.25) is 0 Å². The lowest BCUT2D eigenvalue weighted by molar-refractivity contribution is 0.653. The fourth-order valence-electron chi connectivity index (χ4n) is 9.71. The van der Waals surface area contributed by atoms with Crippen LogP contribution in [0.4, 0.5) is 17.1 Å². The highest BCUT2D eigenvalue weighted by molar-refractivity contribution is 6.10. The zero-order valence-corrected chi connectivity index (χ0v) is 31.6. The van der Waals surface area contributed by atoms with Gasteiger partial charge in [0.25, 0.3) is 0 Å². The summed E-state index contributed by atoms with van der Waals surface area (Å²) in [6.45, 7) is 14.0. The first-order chi connectivity index (χ1) is 26.1. The molecule has 0 unspecified atom stereocenters. The smallest absolute Gasteiger partial charge is 0.159 e. The summed E-state index contributed by atoms with van der Waals surface area (Å²) in [5.41, 5.74) is 18.5. The first-order valence-corrected chi connectivity index (χ1v) is 19.2. The van der Waals surface area contributed by atoms with E-state index in [0.29, 0.717) is 0 Å². The molecule has 2 nitrogen and oxygen atoms in total. The van der Waals surface area contributed by atoms with Crippen LogP contribution in [-0.2, 0) is 10.8 Å². The monoisotopic (exact) mass is 695 g/mol. The van der Waals surface area contributed by atoms with Crippen LogP contribution < -0.4 is 4.90 Å². The number of anilines is 3. The van der Waals surface area contributed by atoms with Crippen molar-refractivity contribution in [1.82, 2.24) is 0 Å². The van der Waals surface area contributed by atoms with Crippen LogP contribution in [0.2, 0.25) is 0 Å². The van der Waals surface area contributed by atoms with Gasteiger partial charge in [-0.2, -0.15) is 0 Å². The minimum Gasteiger partial charge on any atom is -0.454 e. The van der Waals surface area contributed by atoms with Gasteiger partial charge in [0.1, 0.15) is 5.58 Å². The summed E-state index contributed by atoms with van der Waals surface area (Å²) in [6, 6.07) is 52.1. The van der Waals surface area contributed by atoms with Crippen LogP contribution in [0, 0.1) is 13.8 Å². The highest BCUT2D eigenvalue weighted by atomic mass is 16.3. The average molecular weight is 696 g/mol. The fourth-order valence-corrected chi connectivity index (χ4v) is 9.71. The second-order valence-electron chi connectivity index (χ2n) is 16.7. The van der Waals surface area contributed by atoms with E-state index in [1.54, 1.807) is 0 Å². The number of benzene rings is 8. The van der Waals surface area contributed by atoms with E-state index in [0.717, 1.165) is 39.0 Å². The number of para-hydroxylation sites is 2. The molecule has 0 radical (unpaired) electrons. The van der Waals surface area contributed by atoms with Gasteiger partial charge >= 0.3 is 0 Å². The lowest BCUT2D eigenvalue weighted by atomic mass is 9.79. The molecule has 9 aromatic rings. The summed E-state index contributed by atoms with van der Waals surface area (Å²) < 4.78 is 6.62. The number of furan rings is 1. The summed E-state index contributed by atoms with van der Waals surface area (Å²) in [6.07, 6.45) is 0. The predicted molar refractivity (Wildman–Crippen MR) is 228 cm³/mol. The summed E-state index contributed by atoms with van der Waals surface area (Å²) in [7, 11) is 0. The molecule has 0 atom stereocenters. The van der Waals surface area contributed by atoms with Gasteiger partial charge < -0.3 is 9.32 Å². The Bertz CT molecular complexity index is 3080. The predicted octanol–water partition coefficient (Wildman–Crippen LogP) is 14.6. The van der Waals surface area contributed by atoms with Crippen LogP contribution in [0.25, 0.3) is 65.7 Å². The second kappa shape index (κ2) is 10.7. The molecule has 54 heavy (non-hydrogen) atoms. The molecule has 0 saturated heterocycles. The van der Waals surface area contributed by atoms with E-state index in [2.05, 4.69) is 180 Å². The third-order valence-electron chi connectivity index (χ3n) is 12.9. The third-order valence-corrected chi connectivity index (χ3v) is 12.9. The minimum absolute atomic E-state index is 0.0805. The molecular weight excluding hydrogens is 655 g/mol. The number of hydrogen-bond donors (Lipinski definition) is 0. The third kappa shape index (κ3) is 4.23. The van der Waals surface area contributed by atoms with E-state index in [-0.39, 0.29) is 10.8 Å². The van der Waals surface area contributed by atoms with E-state index in [1.807, 2.05) is 6.07 Å². The van der Waals surface area contributed by atoms with Gasteiger partial charge in [-0.1, -0.05) is 94.4 Å². The first-order valence-electron chi connectivity index (χ1n) is 19.2. The van der Waals surface area contributed by atoms with Crippen molar-refractivity contribution in [3.63, 3.8) is 0 Å². The molecule has 1 aromatic heterocycles. The average Bonchev–Trinajstić information content (AvgIpc) is 3.74. The maximum Gasteiger partial charge on any atom is 0.159 e. The number of aryl methyl sites for hydroxylation is 2. The van der Waals surface area contributed by atoms with Crippen LogP contribution in [0.3, 0.4) is 0 Å². The largest absolute Gasteiger partial charge is 0.454 e. The molecule has 0 bridgehead atoms. The summed E-state index contributed by atoms with van der Waals surface area (Å²) in [5.74, 6) is 0. The van der Waals surface area contributed by atoms with E-state index >= 15 is 0 Å². The van der Waals surface area contributed by atoms with E-state index in [9.17, 15) is 0 Å². The molecule has 0 amide bonds. The van der Waals surface area contributed by atoms with Gasteiger partial charge in [-0.15, -0.1) is 0 Å². The van der Waals surface area contributed by atoms with E-state index in [1.165, 1.54) is 77.2 Å². The molecule has 0 aliphatic heterocycles. The van der Waals surface area contributed by atoms with Gasteiger partial charge in [0.05, 0.1) is 5.69 Å². The van der Waals surface area contributed by atoms with Crippen molar-refractivity contribution in [2.75, 3.05) is 4.90 Å². The van der Waals surface area contributed by atoms with E-state index < -0.39 is 0 Å². The number of hydrogen-bond acceptors (Lipinski definition) is 2. The van der Waals surface area contributed by atoms with Crippen molar-refractivity contribution in [3.05, 3.63) is 173 Å². The Morgan fingerprint density at radius 1 is 0.426 bits per heavy atom. The lowest BCUT2D eigenvalue weighted by Gasteiger charge is -2.27. The molecule has 0 N–H and O–H groups in total. The highest BCUT2D eigenvalue weighted by Crippen LogP contribution is 2.57. The summed E-state index contributed by atoms with van der Waals surface area (Å²) in [4.78, 5) is 2.37. The minimum atomic E-state index is -0.152. The van der Waals surface area contributed by atoms with Crippen molar-refractivity contribution < 1.29 is 4.42 Å². The maximum absolute atomic E-state index is 6.62. The van der Waals surface area contributed by atoms with Crippen LogP contribution in [-0.4, -0.2) is 0 Å². The molecule has 0 fully saturated rings. The fraction of sp³-hybridized carbons (Fsp3) is 0.154. The Morgan fingerprint density at radius 2 is 0.963 bits per heavy atom. The Kier molecular flexibility index (Phi) is 6.24. The number of rotatable bonds is 3. The second-order valence-corrected chi connectivity index (χ2v) is 16.7. The van der Waals surface area contributed by atoms with Crippen LogP contribution in [0.1, 0.15) is 61.1 Å². The SMILES string of the molecule is Cc1ccc(N(c2ccc3cc4c(cc3c2)C(C)(C)c2cc3c(cc2-4)C(C)(C)c2cc4ccccc4cc2-3)c2cccc3c2oc2ccccc23)cc1C. The molecule has 260 valence electrons. The number of fused-ring (bicyclic) bond motifs is 11. The quantitative estimate of drug-likeness (QED) is 0.183. The van der Waals surface area contributed by atoms with Crippen molar-refractivity contribution in [2.24, 2.45) is 0 Å². The van der Waals surface area contributed by atoms with Crippen molar-refractivity contribution in [1.29, 1.82) is 0 Å². The van der Waals surface area contributed by atoms with Crippen LogP contribution in [0.15, 0.2) is 144 Å². The molecule has 2 heteroatoms. The molecule has 2 aliphatic carbocycles. The Morgan fingerprint density at radius 3 is 1.67 bits per heavy atom.